The molecule has 0 spiro atoms. The fraction of sp³-hybridized carbons (Fsp3) is 0.643. The Morgan fingerprint density at radius 1 is 1.44 bits per heavy atom. The zero-order chi connectivity index (χ0) is 13.1. The summed E-state index contributed by atoms with van der Waals surface area (Å²) >= 11 is 0. The van der Waals surface area contributed by atoms with Gasteiger partial charge in [-0.3, -0.25) is 9.88 Å². The van der Waals surface area contributed by atoms with E-state index in [0.29, 0.717) is 11.8 Å². The lowest BCUT2D eigenvalue weighted by Crippen LogP contribution is -2.37. The lowest BCUT2D eigenvalue weighted by molar-refractivity contribution is 0.197. The Balaban J connectivity index is 2.05. The van der Waals surface area contributed by atoms with Gasteiger partial charge in [-0.15, -0.1) is 0 Å². The Morgan fingerprint density at radius 2 is 2.22 bits per heavy atom. The average molecular weight is 249 g/mol. The van der Waals surface area contributed by atoms with Gasteiger partial charge in [-0.05, 0) is 52.5 Å². The van der Waals surface area contributed by atoms with E-state index in [1.54, 1.807) is 6.07 Å². The summed E-state index contributed by atoms with van der Waals surface area (Å²) in [6, 6.07) is 4.18. The van der Waals surface area contributed by atoms with Crippen LogP contribution in [0.1, 0.15) is 24.2 Å². The van der Waals surface area contributed by atoms with Crippen LogP contribution in [0.5, 0.6) is 5.75 Å². The molecular formula is C14H23N3O. The summed E-state index contributed by atoms with van der Waals surface area (Å²) in [6.07, 6.45) is 2.48. The van der Waals surface area contributed by atoms with Crippen molar-refractivity contribution in [3.63, 3.8) is 0 Å². The minimum Gasteiger partial charge on any atom is -0.506 e. The number of aryl methyl sites for hydroxylation is 1. The molecule has 1 aliphatic heterocycles. The van der Waals surface area contributed by atoms with E-state index in [4.69, 9.17) is 0 Å². The maximum Gasteiger partial charge on any atom is 0.138 e. The molecule has 1 atom stereocenters. The maximum atomic E-state index is 9.86. The number of hydrogen-bond donors (Lipinski definition) is 1. The molecule has 0 aliphatic carbocycles. The molecule has 2 heterocycles. The van der Waals surface area contributed by atoms with Crippen molar-refractivity contribution < 1.29 is 5.11 Å². The highest BCUT2D eigenvalue weighted by molar-refractivity contribution is 5.27. The van der Waals surface area contributed by atoms with Gasteiger partial charge in [0.2, 0.25) is 0 Å². The zero-order valence-corrected chi connectivity index (χ0v) is 11.6. The number of rotatable bonds is 4. The topological polar surface area (TPSA) is 39.6 Å². The molecule has 1 fully saturated rings. The van der Waals surface area contributed by atoms with Crippen molar-refractivity contribution in [2.75, 3.05) is 27.2 Å². The van der Waals surface area contributed by atoms with Gasteiger partial charge in [0.1, 0.15) is 5.75 Å². The molecule has 4 nitrogen and oxygen atoms in total. The number of aromatic hydroxyl groups is 1. The van der Waals surface area contributed by atoms with Crippen molar-refractivity contribution in [2.45, 2.75) is 32.4 Å². The minimum atomic E-state index is 0.316. The second-order valence-corrected chi connectivity index (χ2v) is 5.45. The van der Waals surface area contributed by atoms with Gasteiger partial charge in [-0.25, -0.2) is 0 Å². The first-order valence-electron chi connectivity index (χ1n) is 6.60. The first-order valence-corrected chi connectivity index (χ1v) is 6.60. The summed E-state index contributed by atoms with van der Waals surface area (Å²) in [6.45, 7) is 4.90. The van der Waals surface area contributed by atoms with Gasteiger partial charge in [0, 0.05) is 24.8 Å². The molecule has 0 saturated carbocycles. The smallest absolute Gasteiger partial charge is 0.138 e. The van der Waals surface area contributed by atoms with Crippen LogP contribution in [0.3, 0.4) is 0 Å². The zero-order valence-electron chi connectivity index (χ0n) is 11.6. The highest BCUT2D eigenvalue weighted by Crippen LogP contribution is 2.23. The molecule has 0 aromatic carbocycles. The van der Waals surface area contributed by atoms with E-state index in [1.165, 1.54) is 12.8 Å². The normalized spacial score (nSPS) is 20.8. The molecule has 4 heteroatoms. The summed E-state index contributed by atoms with van der Waals surface area (Å²) in [5.74, 6) is 0.316. The van der Waals surface area contributed by atoms with E-state index in [-0.39, 0.29) is 0 Å². The predicted octanol–water partition coefficient (Wildman–Crippen LogP) is 1.62. The molecule has 1 aromatic heterocycles. The van der Waals surface area contributed by atoms with Gasteiger partial charge < -0.3 is 10.0 Å². The third-order valence-corrected chi connectivity index (χ3v) is 3.52. The van der Waals surface area contributed by atoms with Crippen LogP contribution >= 0.6 is 0 Å². The predicted molar refractivity (Wildman–Crippen MR) is 72.6 cm³/mol. The highest BCUT2D eigenvalue weighted by atomic mass is 16.3. The molecule has 1 N–H and O–H groups in total. The lowest BCUT2D eigenvalue weighted by Gasteiger charge is -2.26. The number of pyridine rings is 1. The number of likely N-dealkylation sites (N-methyl/N-ethyl adjacent to an activating group) is 1. The molecule has 18 heavy (non-hydrogen) atoms. The first-order chi connectivity index (χ1) is 8.56. The van der Waals surface area contributed by atoms with Crippen LogP contribution in [0, 0.1) is 6.92 Å². The van der Waals surface area contributed by atoms with Gasteiger partial charge in [0.05, 0.1) is 5.69 Å². The monoisotopic (exact) mass is 249 g/mol. The molecule has 1 aromatic rings. The maximum absolute atomic E-state index is 9.86. The fourth-order valence-electron chi connectivity index (χ4n) is 2.64. The Hall–Kier alpha value is -1.13. The number of likely N-dealkylation sites (tertiary alicyclic amines) is 1. The average Bonchev–Trinajstić information content (AvgIpc) is 2.70. The van der Waals surface area contributed by atoms with E-state index < -0.39 is 0 Å². The van der Waals surface area contributed by atoms with Gasteiger partial charge >= 0.3 is 0 Å². The summed E-state index contributed by atoms with van der Waals surface area (Å²) in [5.41, 5.74) is 1.77. The van der Waals surface area contributed by atoms with E-state index >= 15 is 0 Å². The van der Waals surface area contributed by atoms with Crippen molar-refractivity contribution in [2.24, 2.45) is 0 Å². The summed E-state index contributed by atoms with van der Waals surface area (Å²) in [7, 11) is 4.22. The molecule has 0 amide bonds. The van der Waals surface area contributed by atoms with Crippen LogP contribution in [0.15, 0.2) is 12.1 Å². The highest BCUT2D eigenvalue weighted by Gasteiger charge is 2.25. The molecule has 0 bridgehead atoms. The first kappa shape index (κ1) is 13.3. The Bertz CT molecular complexity index is 406. The Labute approximate surface area is 109 Å². The van der Waals surface area contributed by atoms with Crippen molar-refractivity contribution in [1.82, 2.24) is 14.8 Å². The second-order valence-electron chi connectivity index (χ2n) is 5.45. The molecule has 2 rings (SSSR count). The van der Waals surface area contributed by atoms with Crippen LogP contribution in [-0.4, -0.2) is 53.1 Å². The largest absolute Gasteiger partial charge is 0.506 e. The van der Waals surface area contributed by atoms with E-state index in [0.717, 1.165) is 31.0 Å². The minimum absolute atomic E-state index is 0.316. The Morgan fingerprint density at radius 3 is 2.94 bits per heavy atom. The molecule has 100 valence electrons. The van der Waals surface area contributed by atoms with Crippen molar-refractivity contribution >= 4 is 0 Å². The summed E-state index contributed by atoms with van der Waals surface area (Å²) in [4.78, 5) is 9.11. The molecular weight excluding hydrogens is 226 g/mol. The van der Waals surface area contributed by atoms with Crippen LogP contribution in [-0.2, 0) is 6.54 Å². The van der Waals surface area contributed by atoms with Gasteiger partial charge in [-0.1, -0.05) is 0 Å². The van der Waals surface area contributed by atoms with Crippen molar-refractivity contribution in [3.05, 3.63) is 23.5 Å². The number of hydrogen-bond acceptors (Lipinski definition) is 4. The SMILES string of the molecule is Cc1ccc(O)c(CN2CCCC2CN(C)C)n1. The Kier molecular flexibility index (Phi) is 4.19. The van der Waals surface area contributed by atoms with E-state index in [9.17, 15) is 5.11 Å². The standard InChI is InChI=1S/C14H23N3O/c1-11-6-7-14(18)13(15-11)10-17-8-4-5-12(17)9-16(2)3/h6-7,12,18H,4-5,8-10H2,1-3H3. The molecule has 1 saturated heterocycles. The molecule has 1 unspecified atom stereocenters. The second kappa shape index (κ2) is 5.67. The third-order valence-electron chi connectivity index (χ3n) is 3.52. The van der Waals surface area contributed by atoms with E-state index in [1.807, 2.05) is 13.0 Å². The van der Waals surface area contributed by atoms with Crippen LogP contribution in [0.4, 0.5) is 0 Å². The molecule has 1 aliphatic rings. The number of nitrogens with zero attached hydrogens (tertiary/aromatic N) is 3. The van der Waals surface area contributed by atoms with Crippen molar-refractivity contribution in [3.8, 4) is 5.75 Å². The molecule has 0 radical (unpaired) electrons. The summed E-state index contributed by atoms with van der Waals surface area (Å²) < 4.78 is 0. The lowest BCUT2D eigenvalue weighted by atomic mass is 10.2. The number of aromatic nitrogens is 1. The fourth-order valence-corrected chi connectivity index (χ4v) is 2.64. The quantitative estimate of drug-likeness (QED) is 0.880. The van der Waals surface area contributed by atoms with Crippen LogP contribution in [0.2, 0.25) is 0 Å². The summed E-state index contributed by atoms with van der Waals surface area (Å²) in [5, 5.41) is 9.86. The van der Waals surface area contributed by atoms with E-state index in [2.05, 4.69) is 28.9 Å². The third kappa shape index (κ3) is 3.21. The van der Waals surface area contributed by atoms with Crippen LogP contribution < -0.4 is 0 Å². The van der Waals surface area contributed by atoms with Crippen molar-refractivity contribution in [1.29, 1.82) is 0 Å². The van der Waals surface area contributed by atoms with Crippen LogP contribution in [0.25, 0.3) is 0 Å². The van der Waals surface area contributed by atoms with Gasteiger partial charge in [0.15, 0.2) is 0 Å². The van der Waals surface area contributed by atoms with Gasteiger partial charge in [-0.2, -0.15) is 0 Å². The van der Waals surface area contributed by atoms with Gasteiger partial charge in [0.25, 0.3) is 0 Å².